The molecule has 2 N–H and O–H groups in total. The van der Waals surface area contributed by atoms with Crippen molar-refractivity contribution >= 4 is 195 Å². The monoisotopic (exact) mass is 2560 g/mol. The van der Waals surface area contributed by atoms with Crippen LogP contribution in [0, 0.1) is 5.41 Å². The lowest BCUT2D eigenvalue weighted by Crippen LogP contribution is -2.43. The Hall–Kier alpha value is 4.54. The molecular weight excluding hydrogens is 2370 g/mol. The lowest BCUT2D eigenvalue weighted by atomic mass is 9.99. The third-order valence-corrected chi connectivity index (χ3v) is 46.6. The molecule has 0 spiro atoms. The molecule has 0 saturated carbocycles. The first-order valence-electron chi connectivity index (χ1n) is 51.2. The van der Waals surface area contributed by atoms with E-state index in [0.717, 1.165) is 177 Å². The van der Waals surface area contributed by atoms with Crippen molar-refractivity contribution in [2.24, 2.45) is 5.41 Å². The van der Waals surface area contributed by atoms with Crippen molar-refractivity contribution in [3.63, 3.8) is 0 Å². The van der Waals surface area contributed by atoms with E-state index in [-0.39, 0.29) is 28.8 Å². The van der Waals surface area contributed by atoms with E-state index in [2.05, 4.69) is 155 Å². The Bertz CT molecular complexity index is 3580. The van der Waals surface area contributed by atoms with Crippen molar-refractivity contribution in [2.45, 2.75) is 344 Å². The average Bonchev–Trinajstić information content (AvgIpc) is 1.61. The molecule has 6 heterocycles. The molecule has 142 heavy (non-hydrogen) atoms. The van der Waals surface area contributed by atoms with Gasteiger partial charge < -0.3 is 40.9 Å². The van der Waals surface area contributed by atoms with Gasteiger partial charge in [0.15, 0.2) is 0 Å². The molecule has 0 bridgehead atoms. The smallest absolute Gasteiger partial charge is 0.346 e. The lowest BCUT2D eigenvalue weighted by molar-refractivity contribution is 0.0403. The van der Waals surface area contributed by atoms with Crippen molar-refractivity contribution < 1.29 is 77.4 Å². The van der Waals surface area contributed by atoms with Gasteiger partial charge >= 0.3 is 53.7 Å². The molecule has 0 aromatic rings. The summed E-state index contributed by atoms with van der Waals surface area (Å²) < 4.78 is 183. The molecule has 6 aliphatic heterocycles. The summed E-state index contributed by atoms with van der Waals surface area (Å²) >= 11 is 48.5. The van der Waals surface area contributed by atoms with Crippen LogP contribution >= 0.6 is 195 Å². The summed E-state index contributed by atoms with van der Waals surface area (Å²) in [7, 11) is -23.3. The zero-order chi connectivity index (χ0) is 110. The number of morpholine rings is 1. The highest BCUT2D eigenvalue weighted by atomic mass is 79.9. The molecule has 5 atom stereocenters. The van der Waals surface area contributed by atoms with Gasteiger partial charge in [0, 0.05) is 239 Å². The standard InChI is InChI=1S/C16H36BrN2O2P.C14H31ClNO2P.C13H28ClN2O3P.C11H23Br2N2O2P.C11H23Cl2N2O2P.C10H21Cl2N2O2P.C9H22BrN2O2P.C8H17N2O2P/c1-9-11-18(14(2)3)22(20,21-13-16(6,7)8)19(12-10-17)15(4)5;1-7-12-16(9-3)19(17,18-14(4,5)6)13(8-2)10-11-15;1-5-7-15(8-6-14)20(17,19-13(2,3)4)16-9-11-18-12-10-16;2*1-11(2,3)17-18(16)14(9-5-12)7-4-8-15(18)10-6-13;1-10(2,3)16-17(15)13(6-4-11)8-9-14(17)7-5-12;1-5-7-11-15(13,12-8-6-10)14-9(2,3)4;1-8(2,3)12-13(11,9-4-5-9)10-6-7-10/h14-15H,9-13H2,1-8H3;13H,7-12H2,1-6H3;5-12H2,1-4H3;2*4-10H2,1-3H3;4-9H2,1-3H3;5-8H2,1-4H3,(H2,11,12,13);4-7H2,1-3H3. The lowest BCUT2D eigenvalue weighted by Gasteiger charge is -2.44. The normalized spacial score (nSPS) is 20.1. The van der Waals surface area contributed by atoms with Gasteiger partial charge in [0.25, 0.3) is 7.52 Å². The van der Waals surface area contributed by atoms with Gasteiger partial charge in [0.1, 0.15) is 0 Å². The first-order valence-corrected chi connectivity index (χ1v) is 71.4. The number of rotatable bonds is 51. The van der Waals surface area contributed by atoms with Crippen LogP contribution in [-0.4, -0.2) is 364 Å². The summed E-state index contributed by atoms with van der Waals surface area (Å²) in [5.74, 6) is 2.78. The van der Waals surface area contributed by atoms with Crippen LogP contribution in [0.4, 0.5) is 0 Å². The summed E-state index contributed by atoms with van der Waals surface area (Å²) in [4.78, 5) is 0. The highest BCUT2D eigenvalue weighted by Crippen LogP contribution is 2.66. The summed E-state index contributed by atoms with van der Waals surface area (Å²) in [6.07, 6.45) is 7.35. The molecule has 0 aromatic carbocycles. The second-order valence-corrected chi connectivity index (χ2v) is 67.5. The van der Waals surface area contributed by atoms with Gasteiger partial charge in [-0.15, -0.1) is 69.6 Å². The SMILES string of the molecule is CC(C)(C)OP(=O)(N1CC1)N1CC1.CC(C)(C)OP1(=O)N(CCBr)CCCN1CCBr.CC(C)(C)OP1(=O)N(CCCl)CCCN1CCCl.CC(C)(C)OP1(=O)N(CCCl)CCN1CCCl.CCCN(C(C)C)P(=O)(OCC(C)(C)C)N(CCBr)C(C)C.CCCN(CC)P(=O)(OC(C)(C)C)C(CC)CCCl.CCCN(CCCl)P(=O)(OC(C)(C)C)N1CCOCC1.CCCNP(=O)(NCCBr)OC(C)(C)C. The van der Waals surface area contributed by atoms with Crippen LogP contribution in [0.3, 0.4) is 0 Å². The Labute approximate surface area is 930 Å². The quantitative estimate of drug-likeness (QED) is 0.0325. The average molecular weight is 2570 g/mol. The highest BCUT2D eigenvalue weighted by molar-refractivity contribution is 9.09. The minimum Gasteiger partial charge on any atom is -0.379 e. The van der Waals surface area contributed by atoms with Crippen LogP contribution in [0.2, 0.25) is 0 Å². The Morgan fingerprint density at radius 3 is 1.03 bits per heavy atom. The predicted molar refractivity (Wildman–Crippen MR) is 624 cm³/mol. The fourth-order valence-electron chi connectivity index (χ4n) is 14.7. The largest absolute Gasteiger partial charge is 0.379 e. The van der Waals surface area contributed by atoms with E-state index in [9.17, 15) is 36.5 Å². The first kappa shape index (κ1) is 149. The highest BCUT2D eigenvalue weighted by Gasteiger charge is 2.53. The van der Waals surface area contributed by atoms with Gasteiger partial charge in [-0.1, -0.05) is 126 Å². The van der Waals surface area contributed by atoms with Gasteiger partial charge in [-0.3, -0.25) is 36.5 Å². The molecule has 6 aliphatic rings. The molecule has 856 valence electrons. The second kappa shape index (κ2) is 71.3. The first-order chi connectivity index (χ1) is 65.3. The number of hydrogen-bond acceptors (Lipinski definition) is 17. The molecular formula is C92H201Br4Cl6N15O17P8. The second-order valence-electron chi connectivity index (χ2n) is 43.8. The molecule has 32 nitrogen and oxygen atoms in total. The van der Waals surface area contributed by atoms with Crippen molar-refractivity contribution in [1.29, 1.82) is 0 Å². The van der Waals surface area contributed by atoms with Gasteiger partial charge in [-0.2, -0.15) is 0 Å². The molecule has 6 fully saturated rings. The molecule has 5 unspecified atom stereocenters. The van der Waals surface area contributed by atoms with Crippen LogP contribution in [0.5, 0.6) is 0 Å². The van der Waals surface area contributed by atoms with Crippen molar-refractivity contribution in [3.05, 3.63) is 0 Å². The van der Waals surface area contributed by atoms with Crippen molar-refractivity contribution in [2.75, 3.05) is 247 Å². The van der Waals surface area contributed by atoms with E-state index >= 15 is 0 Å². The van der Waals surface area contributed by atoms with Crippen LogP contribution in [0.25, 0.3) is 0 Å². The van der Waals surface area contributed by atoms with Crippen LogP contribution in [0.1, 0.15) is 287 Å². The van der Waals surface area contributed by atoms with Crippen molar-refractivity contribution in [3.8, 4) is 0 Å². The Morgan fingerprint density at radius 1 is 0.380 bits per heavy atom. The fourth-order valence-corrected chi connectivity index (χ4v) is 41.2. The number of alkyl halides is 10. The molecule has 0 aliphatic carbocycles. The topological polar surface area (TPSA) is 285 Å². The zero-order valence-electron chi connectivity index (χ0n) is 94.1. The van der Waals surface area contributed by atoms with Crippen molar-refractivity contribution in [1.82, 2.24) is 70.9 Å². The van der Waals surface area contributed by atoms with Crippen LogP contribution < -0.4 is 10.2 Å². The van der Waals surface area contributed by atoms with E-state index in [1.807, 2.05) is 215 Å². The number of ether oxygens (including phenoxy) is 1. The third-order valence-electron chi connectivity index (χ3n) is 20.2. The van der Waals surface area contributed by atoms with E-state index in [1.54, 1.807) is 0 Å². The van der Waals surface area contributed by atoms with Gasteiger partial charge in [0.05, 0.1) is 64.7 Å². The molecule has 0 amide bonds. The molecule has 6 saturated heterocycles. The van der Waals surface area contributed by atoms with Gasteiger partial charge in [-0.05, 0) is 230 Å². The maximum Gasteiger partial charge on any atom is 0.346 e. The Morgan fingerprint density at radius 2 is 0.739 bits per heavy atom. The zero-order valence-corrected chi connectivity index (χ0v) is 112. The maximum atomic E-state index is 13.9. The number of nitrogens with zero attached hydrogens (tertiary/aromatic N) is 13. The minimum absolute atomic E-state index is 0.0123. The third kappa shape index (κ3) is 58.0. The van der Waals surface area contributed by atoms with E-state index < -0.39 is 94.8 Å². The summed E-state index contributed by atoms with van der Waals surface area (Å²) in [6, 6.07) is 0.351. The molecule has 0 radical (unpaired) electrons. The van der Waals surface area contributed by atoms with E-state index in [0.29, 0.717) is 121 Å². The van der Waals surface area contributed by atoms with Crippen LogP contribution in [0.15, 0.2) is 0 Å². The van der Waals surface area contributed by atoms with E-state index in [1.165, 1.54) is 0 Å². The van der Waals surface area contributed by atoms with Crippen LogP contribution in [-0.2, 0) is 77.4 Å². The maximum absolute atomic E-state index is 13.9. The molecule has 0 aromatic heterocycles. The summed E-state index contributed by atoms with van der Waals surface area (Å²) in [6.45, 7) is 88.4. The number of halogens is 10. The Kier molecular flexibility index (Phi) is 74.6. The Balaban J connectivity index is 0. The van der Waals surface area contributed by atoms with Gasteiger partial charge in [0.2, 0.25) is 0 Å². The predicted octanol–water partition coefficient (Wildman–Crippen LogP) is 28.3. The molecule has 50 heteroatoms. The summed E-state index contributed by atoms with van der Waals surface area (Å²) in [5.41, 5.74) is -2.91. The number of hydrogen-bond donors (Lipinski definition) is 2. The minimum atomic E-state index is -3.06. The van der Waals surface area contributed by atoms with Gasteiger partial charge in [-0.25, -0.2) is 70.9 Å². The fraction of sp³-hybridized carbons (Fsp3) is 1.00. The summed E-state index contributed by atoms with van der Waals surface area (Å²) in [5, 5.41) is 9.01. The number of nitrogens with one attached hydrogen (secondary N) is 2. The van der Waals surface area contributed by atoms with E-state index in [4.69, 9.17) is 111 Å². The molecule has 6 rings (SSSR count).